The molecule has 0 spiro atoms. The highest BCUT2D eigenvalue weighted by molar-refractivity contribution is 5.91. The van der Waals surface area contributed by atoms with Crippen molar-refractivity contribution >= 4 is 5.91 Å². The summed E-state index contributed by atoms with van der Waals surface area (Å²) >= 11 is 0. The molecular weight excluding hydrogens is 280 g/mol. The lowest BCUT2D eigenvalue weighted by Gasteiger charge is -2.36. The Bertz CT molecular complexity index is 650. The first-order valence-electron chi connectivity index (χ1n) is 7.33. The van der Waals surface area contributed by atoms with E-state index in [-0.39, 0.29) is 11.9 Å². The van der Waals surface area contributed by atoms with Crippen LogP contribution in [0.25, 0.3) is 0 Å². The lowest BCUT2D eigenvalue weighted by atomic mass is 10.0. The van der Waals surface area contributed by atoms with Gasteiger partial charge in [-0.15, -0.1) is 0 Å². The van der Waals surface area contributed by atoms with E-state index < -0.39 is 0 Å². The van der Waals surface area contributed by atoms with Crippen LogP contribution in [0, 0.1) is 0 Å². The molecule has 6 nitrogen and oxygen atoms in total. The summed E-state index contributed by atoms with van der Waals surface area (Å²) in [5.41, 5.74) is 1.09. The molecule has 116 valence electrons. The van der Waals surface area contributed by atoms with Crippen LogP contribution < -0.4 is 10.1 Å². The van der Waals surface area contributed by atoms with E-state index in [1.807, 2.05) is 36.2 Å². The van der Waals surface area contributed by atoms with Gasteiger partial charge in [0, 0.05) is 39.1 Å². The number of nitrogens with one attached hydrogen (secondary N) is 1. The number of rotatable bonds is 3. The number of benzene rings is 1. The van der Waals surface area contributed by atoms with Gasteiger partial charge in [0.2, 0.25) is 0 Å². The fraction of sp³-hybridized carbons (Fsp3) is 0.375. The Morgan fingerprint density at radius 2 is 2.14 bits per heavy atom. The van der Waals surface area contributed by atoms with Gasteiger partial charge in [-0.25, -0.2) is 4.98 Å². The van der Waals surface area contributed by atoms with Crippen LogP contribution in [0.3, 0.4) is 0 Å². The van der Waals surface area contributed by atoms with Crippen molar-refractivity contribution in [1.82, 2.24) is 19.8 Å². The summed E-state index contributed by atoms with van der Waals surface area (Å²) in [5.74, 6) is 1.25. The smallest absolute Gasteiger partial charge is 0.290 e. The number of amides is 1. The Kier molecular flexibility index (Phi) is 4.11. The number of aryl methyl sites for hydroxylation is 1. The molecule has 1 aromatic carbocycles. The van der Waals surface area contributed by atoms with Crippen LogP contribution in [-0.2, 0) is 7.05 Å². The predicted molar refractivity (Wildman–Crippen MR) is 82.8 cm³/mol. The van der Waals surface area contributed by atoms with Crippen molar-refractivity contribution in [2.75, 3.05) is 26.7 Å². The van der Waals surface area contributed by atoms with Crippen LogP contribution in [-0.4, -0.2) is 47.1 Å². The van der Waals surface area contributed by atoms with E-state index >= 15 is 0 Å². The molecule has 2 heterocycles. The standard InChI is InChI=1S/C16H20N4O2/c1-19-9-8-18-15(19)16(21)20-10-7-17-11-14(20)12-3-5-13(22-2)6-4-12/h3-6,8-9,14,17H,7,10-11H2,1-2H3/t14-/m0/s1. The molecule has 1 atom stereocenters. The Morgan fingerprint density at radius 1 is 1.36 bits per heavy atom. The van der Waals surface area contributed by atoms with Crippen LogP contribution in [0.1, 0.15) is 22.2 Å². The lowest BCUT2D eigenvalue weighted by Crippen LogP contribution is -2.49. The maximum atomic E-state index is 12.8. The molecule has 1 fully saturated rings. The molecule has 1 amide bonds. The molecule has 2 aromatic rings. The molecule has 0 aliphatic carbocycles. The van der Waals surface area contributed by atoms with Crippen LogP contribution in [0.15, 0.2) is 36.7 Å². The highest BCUT2D eigenvalue weighted by Gasteiger charge is 2.30. The molecule has 0 saturated carbocycles. The number of piperazine rings is 1. The van der Waals surface area contributed by atoms with Crippen LogP contribution in [0.5, 0.6) is 5.75 Å². The zero-order valence-electron chi connectivity index (χ0n) is 12.8. The van der Waals surface area contributed by atoms with Gasteiger partial charge in [-0.05, 0) is 17.7 Å². The van der Waals surface area contributed by atoms with E-state index in [1.165, 1.54) is 0 Å². The van der Waals surface area contributed by atoms with Crippen LogP contribution >= 0.6 is 0 Å². The van der Waals surface area contributed by atoms with Crippen molar-refractivity contribution in [3.05, 3.63) is 48.0 Å². The van der Waals surface area contributed by atoms with Gasteiger partial charge < -0.3 is 19.5 Å². The second kappa shape index (κ2) is 6.19. The third-order valence-electron chi connectivity index (χ3n) is 4.02. The van der Waals surface area contributed by atoms with Crippen LogP contribution in [0.4, 0.5) is 0 Å². The van der Waals surface area contributed by atoms with E-state index in [4.69, 9.17) is 4.74 Å². The minimum absolute atomic E-state index is 0.00357. The highest BCUT2D eigenvalue weighted by atomic mass is 16.5. The summed E-state index contributed by atoms with van der Waals surface area (Å²) in [6.45, 7) is 2.20. The number of aromatic nitrogens is 2. The number of carbonyl (C=O) groups excluding carboxylic acids is 1. The molecule has 1 N–H and O–H groups in total. The second-order valence-corrected chi connectivity index (χ2v) is 5.35. The van der Waals surface area contributed by atoms with Gasteiger partial charge in [0.05, 0.1) is 13.2 Å². The average molecular weight is 300 g/mol. The summed E-state index contributed by atoms with van der Waals surface area (Å²) in [6, 6.07) is 7.87. The Labute approximate surface area is 129 Å². The first-order valence-corrected chi connectivity index (χ1v) is 7.33. The summed E-state index contributed by atoms with van der Waals surface area (Å²) < 4.78 is 6.96. The summed E-state index contributed by atoms with van der Waals surface area (Å²) in [5, 5.41) is 3.35. The molecule has 0 radical (unpaired) electrons. The highest BCUT2D eigenvalue weighted by Crippen LogP contribution is 2.25. The van der Waals surface area contributed by atoms with E-state index in [9.17, 15) is 4.79 Å². The number of hydrogen-bond acceptors (Lipinski definition) is 4. The molecule has 22 heavy (non-hydrogen) atoms. The number of nitrogens with zero attached hydrogens (tertiary/aromatic N) is 3. The van der Waals surface area contributed by atoms with Crippen molar-refractivity contribution < 1.29 is 9.53 Å². The molecule has 1 aliphatic rings. The van der Waals surface area contributed by atoms with E-state index in [1.54, 1.807) is 24.1 Å². The largest absolute Gasteiger partial charge is 0.497 e. The predicted octanol–water partition coefficient (Wildman–Crippen LogP) is 1.22. The number of ether oxygens (including phenoxy) is 1. The fourth-order valence-corrected chi connectivity index (χ4v) is 2.77. The number of hydrogen-bond donors (Lipinski definition) is 1. The number of methoxy groups -OCH3 is 1. The van der Waals surface area contributed by atoms with Crippen molar-refractivity contribution in [3.63, 3.8) is 0 Å². The van der Waals surface area contributed by atoms with E-state index in [2.05, 4.69) is 10.3 Å². The fourth-order valence-electron chi connectivity index (χ4n) is 2.77. The third kappa shape index (κ3) is 2.69. The van der Waals surface area contributed by atoms with Gasteiger partial charge in [0.1, 0.15) is 5.75 Å². The zero-order chi connectivity index (χ0) is 15.5. The van der Waals surface area contributed by atoms with E-state index in [0.717, 1.165) is 24.4 Å². The quantitative estimate of drug-likeness (QED) is 0.926. The minimum atomic E-state index is -0.0326. The van der Waals surface area contributed by atoms with Crippen molar-refractivity contribution in [2.24, 2.45) is 7.05 Å². The van der Waals surface area contributed by atoms with Crippen molar-refractivity contribution in [3.8, 4) is 5.75 Å². The van der Waals surface area contributed by atoms with Gasteiger partial charge in [0.25, 0.3) is 5.91 Å². The van der Waals surface area contributed by atoms with Gasteiger partial charge in [-0.3, -0.25) is 4.79 Å². The average Bonchev–Trinajstić information content (AvgIpc) is 3.00. The van der Waals surface area contributed by atoms with Crippen molar-refractivity contribution in [2.45, 2.75) is 6.04 Å². The molecule has 1 aliphatic heterocycles. The minimum Gasteiger partial charge on any atom is -0.497 e. The van der Waals surface area contributed by atoms with Crippen molar-refractivity contribution in [1.29, 1.82) is 0 Å². The monoisotopic (exact) mass is 300 g/mol. The lowest BCUT2D eigenvalue weighted by molar-refractivity contribution is 0.0618. The molecule has 3 rings (SSSR count). The summed E-state index contributed by atoms with van der Waals surface area (Å²) in [7, 11) is 3.49. The van der Waals surface area contributed by atoms with Gasteiger partial charge in [-0.1, -0.05) is 12.1 Å². The molecule has 0 bridgehead atoms. The Morgan fingerprint density at radius 3 is 2.77 bits per heavy atom. The summed E-state index contributed by atoms with van der Waals surface area (Å²) in [4.78, 5) is 18.8. The summed E-state index contributed by atoms with van der Waals surface area (Å²) in [6.07, 6.45) is 3.44. The van der Waals surface area contributed by atoms with E-state index in [0.29, 0.717) is 12.4 Å². The maximum absolute atomic E-state index is 12.8. The topological polar surface area (TPSA) is 59.4 Å². The first kappa shape index (κ1) is 14.6. The second-order valence-electron chi connectivity index (χ2n) is 5.35. The number of carbonyl (C=O) groups is 1. The number of imidazole rings is 1. The molecule has 1 aromatic heterocycles. The van der Waals surface area contributed by atoms with Gasteiger partial charge >= 0.3 is 0 Å². The molecule has 1 saturated heterocycles. The van der Waals surface area contributed by atoms with Gasteiger partial charge in [0.15, 0.2) is 5.82 Å². The third-order valence-corrected chi connectivity index (χ3v) is 4.02. The first-order chi connectivity index (χ1) is 10.7. The Balaban J connectivity index is 1.87. The van der Waals surface area contributed by atoms with Crippen LogP contribution in [0.2, 0.25) is 0 Å². The maximum Gasteiger partial charge on any atom is 0.290 e. The zero-order valence-corrected chi connectivity index (χ0v) is 12.8. The molecule has 0 unspecified atom stereocenters. The molecule has 6 heteroatoms. The van der Waals surface area contributed by atoms with Gasteiger partial charge in [-0.2, -0.15) is 0 Å². The SMILES string of the molecule is COc1ccc([C@@H]2CNCCN2C(=O)c2nccn2C)cc1. The molecular formula is C16H20N4O2. The Hall–Kier alpha value is -2.34. The normalized spacial score (nSPS) is 18.3.